The lowest BCUT2D eigenvalue weighted by molar-refractivity contribution is -0.160. The number of nitrogens with zero attached hydrogens (tertiary/aromatic N) is 2. The molecule has 0 unspecified atom stereocenters. The number of carboxylic acids is 1. The average molecular weight is 635 g/mol. The smallest absolute Gasteiger partial charge is 0.410 e. The second-order valence-corrected chi connectivity index (χ2v) is 24.9. The Bertz CT molecular complexity index is 1190. The predicted octanol–water partition coefficient (Wildman–Crippen LogP) is 6.70. The van der Waals surface area contributed by atoms with Gasteiger partial charge in [-0.25, -0.2) is 9.59 Å². The SMILES string of the molecule is C=CCOC(=O)N1C[C@@H](O[Si](C)(C)C(C)(C)C)C[C@H]1C=C(C)C1=C(C(=O)O)N2C(=O)[C@H]([C@@H](C)O[Si](C)(C)C(C)(C)C)[C@H]2C1. The van der Waals surface area contributed by atoms with Crippen molar-refractivity contribution >= 4 is 34.6 Å². The highest BCUT2D eigenvalue weighted by Gasteiger charge is 2.58. The molecule has 11 heteroatoms. The average Bonchev–Trinajstić information content (AvgIpc) is 3.39. The van der Waals surface area contributed by atoms with Gasteiger partial charge in [0.05, 0.1) is 30.2 Å². The van der Waals surface area contributed by atoms with Crippen molar-refractivity contribution in [1.82, 2.24) is 9.80 Å². The second kappa shape index (κ2) is 12.3. The maximum Gasteiger partial charge on any atom is 0.410 e. The van der Waals surface area contributed by atoms with Crippen molar-refractivity contribution in [2.75, 3.05) is 13.2 Å². The first kappa shape index (κ1) is 35.3. The molecule has 0 aromatic carbocycles. The van der Waals surface area contributed by atoms with Crippen LogP contribution in [-0.4, -0.2) is 87.0 Å². The number of carbonyl (C=O) groups is 3. The van der Waals surface area contributed by atoms with Gasteiger partial charge >= 0.3 is 12.1 Å². The van der Waals surface area contributed by atoms with Gasteiger partial charge in [-0.15, -0.1) is 0 Å². The zero-order valence-corrected chi connectivity index (χ0v) is 30.4. The number of carbonyl (C=O) groups excluding carboxylic acids is 2. The van der Waals surface area contributed by atoms with Crippen molar-refractivity contribution in [2.24, 2.45) is 5.92 Å². The van der Waals surface area contributed by atoms with E-state index in [0.717, 1.165) is 5.57 Å². The lowest BCUT2D eigenvalue weighted by Gasteiger charge is -2.48. The van der Waals surface area contributed by atoms with Gasteiger partial charge in [-0.3, -0.25) is 9.69 Å². The number of β-lactam (4-membered cyclic amide) rings is 1. The first-order valence-corrected chi connectivity index (χ1v) is 21.2. The van der Waals surface area contributed by atoms with Crippen LogP contribution in [0.15, 0.2) is 35.6 Å². The summed E-state index contributed by atoms with van der Waals surface area (Å²) >= 11 is 0. The van der Waals surface area contributed by atoms with Gasteiger partial charge in [0.2, 0.25) is 5.91 Å². The van der Waals surface area contributed by atoms with E-state index in [1.165, 1.54) is 11.0 Å². The lowest BCUT2D eigenvalue weighted by atomic mass is 9.82. The molecular formula is C32H54N2O7Si2. The third kappa shape index (κ3) is 7.05. The summed E-state index contributed by atoms with van der Waals surface area (Å²) in [5, 5.41) is 10.2. The van der Waals surface area contributed by atoms with Gasteiger partial charge in [0, 0.05) is 6.54 Å². The fraction of sp³-hybridized carbons (Fsp3) is 0.719. The van der Waals surface area contributed by atoms with Crippen molar-refractivity contribution in [2.45, 2.75) is 129 Å². The summed E-state index contributed by atoms with van der Waals surface area (Å²) in [6.45, 7) is 29.7. The molecule has 3 rings (SSSR count). The lowest BCUT2D eigenvalue weighted by Crippen LogP contribution is -2.63. The molecule has 9 nitrogen and oxygen atoms in total. The first-order chi connectivity index (χ1) is 19.5. The quantitative estimate of drug-likeness (QED) is 0.162. The van der Waals surface area contributed by atoms with Gasteiger partial charge < -0.3 is 23.6 Å². The molecule has 0 radical (unpaired) electrons. The van der Waals surface area contributed by atoms with Crippen molar-refractivity contribution in [3.05, 3.63) is 35.6 Å². The highest BCUT2D eigenvalue weighted by molar-refractivity contribution is 6.74. The summed E-state index contributed by atoms with van der Waals surface area (Å²) < 4.78 is 18.6. The Hall–Kier alpha value is -2.22. The van der Waals surface area contributed by atoms with Crippen LogP contribution >= 0.6 is 0 Å². The van der Waals surface area contributed by atoms with E-state index in [2.05, 4.69) is 74.3 Å². The van der Waals surface area contributed by atoms with Crippen molar-refractivity contribution in [3.8, 4) is 0 Å². The zero-order chi connectivity index (χ0) is 32.9. The molecule has 0 aromatic heterocycles. The molecular weight excluding hydrogens is 581 g/mol. The predicted molar refractivity (Wildman–Crippen MR) is 174 cm³/mol. The monoisotopic (exact) mass is 634 g/mol. The van der Waals surface area contributed by atoms with E-state index >= 15 is 0 Å². The minimum absolute atomic E-state index is 0.00941. The molecule has 2 fully saturated rings. The number of carboxylic acid groups (broad SMARTS) is 1. The Morgan fingerprint density at radius 3 is 2.19 bits per heavy atom. The Balaban J connectivity index is 1.88. The molecule has 242 valence electrons. The molecule has 43 heavy (non-hydrogen) atoms. The van der Waals surface area contributed by atoms with Gasteiger partial charge in [0.1, 0.15) is 12.3 Å². The Morgan fingerprint density at radius 2 is 1.67 bits per heavy atom. The third-order valence-corrected chi connectivity index (χ3v) is 19.4. The summed E-state index contributed by atoms with van der Waals surface area (Å²) in [6, 6.07) is -0.598. The Kier molecular flexibility index (Phi) is 10.1. The van der Waals surface area contributed by atoms with E-state index in [4.69, 9.17) is 13.6 Å². The molecule has 2 saturated heterocycles. The third-order valence-electron chi connectivity index (χ3n) is 10.3. The van der Waals surface area contributed by atoms with Crippen LogP contribution in [-0.2, 0) is 23.2 Å². The molecule has 3 aliphatic rings. The van der Waals surface area contributed by atoms with Crippen LogP contribution in [0, 0.1) is 5.92 Å². The summed E-state index contributed by atoms with van der Waals surface area (Å²) in [5.41, 5.74) is 1.41. The number of rotatable bonds is 10. The van der Waals surface area contributed by atoms with Gasteiger partial charge in [-0.1, -0.05) is 60.3 Å². The first-order valence-electron chi connectivity index (χ1n) is 15.4. The maximum atomic E-state index is 13.4. The van der Waals surface area contributed by atoms with E-state index in [0.29, 0.717) is 25.0 Å². The standard InChI is InChI=1S/C32H54N2O7Si2/c1-14-15-39-30(38)33-19-23(41-43(12,13)32(7,8)9)17-22(33)16-20(2)24-18-25-26(28(35)34(25)27(24)29(36)37)21(3)40-42(10,11)31(4,5)6/h14,16,21-23,25-26H,1,15,17-19H2,2-13H3,(H,36,37)/t21-,22-,23+,25-,26-/m1/s1. The highest BCUT2D eigenvalue weighted by Crippen LogP contribution is 2.48. The van der Waals surface area contributed by atoms with Crippen molar-refractivity contribution < 1.29 is 33.1 Å². The second-order valence-electron chi connectivity index (χ2n) is 15.4. The van der Waals surface area contributed by atoms with Crippen LogP contribution in [0.25, 0.3) is 0 Å². The largest absolute Gasteiger partial charge is 0.477 e. The van der Waals surface area contributed by atoms with E-state index in [9.17, 15) is 19.5 Å². The summed E-state index contributed by atoms with van der Waals surface area (Å²) in [6.07, 6.45) is 3.56. The minimum Gasteiger partial charge on any atom is -0.477 e. The number of hydrogen-bond acceptors (Lipinski definition) is 6. The Morgan fingerprint density at radius 1 is 1.09 bits per heavy atom. The highest BCUT2D eigenvalue weighted by atomic mass is 28.4. The molecule has 0 spiro atoms. The normalized spacial score (nSPS) is 26.0. The van der Waals surface area contributed by atoms with Crippen molar-refractivity contribution in [1.29, 1.82) is 0 Å². The number of allylic oxidation sites excluding steroid dienone is 1. The van der Waals surface area contributed by atoms with Gasteiger partial charge in [0.15, 0.2) is 16.6 Å². The van der Waals surface area contributed by atoms with Crippen LogP contribution < -0.4 is 0 Å². The van der Waals surface area contributed by atoms with Crippen LogP contribution in [0.1, 0.15) is 68.2 Å². The fourth-order valence-electron chi connectivity index (χ4n) is 5.80. The number of ether oxygens (including phenoxy) is 1. The summed E-state index contributed by atoms with van der Waals surface area (Å²) in [4.78, 5) is 42.1. The number of aliphatic carboxylic acids is 1. The van der Waals surface area contributed by atoms with E-state index in [1.54, 1.807) is 4.90 Å². The van der Waals surface area contributed by atoms with E-state index < -0.39 is 34.6 Å². The van der Waals surface area contributed by atoms with E-state index in [-0.39, 0.29) is 52.6 Å². The summed E-state index contributed by atoms with van der Waals surface area (Å²) in [5.74, 6) is -1.72. The van der Waals surface area contributed by atoms with Gasteiger partial charge in [0.25, 0.3) is 0 Å². The number of fused-ring (bicyclic) bond motifs is 1. The van der Waals surface area contributed by atoms with Crippen molar-refractivity contribution in [3.63, 3.8) is 0 Å². The van der Waals surface area contributed by atoms with Gasteiger partial charge in [-0.2, -0.15) is 0 Å². The van der Waals surface area contributed by atoms with E-state index in [1.807, 2.05) is 19.9 Å². The molecule has 3 aliphatic heterocycles. The topological polar surface area (TPSA) is 106 Å². The molecule has 3 heterocycles. The number of likely N-dealkylation sites (tertiary alicyclic amines) is 1. The van der Waals surface area contributed by atoms with Crippen LogP contribution in [0.5, 0.6) is 0 Å². The molecule has 0 saturated carbocycles. The number of hydrogen-bond donors (Lipinski definition) is 1. The van der Waals surface area contributed by atoms with Gasteiger partial charge in [-0.05, 0) is 74.1 Å². The van der Waals surface area contributed by atoms with Crippen LogP contribution in [0.4, 0.5) is 4.79 Å². The molecule has 0 aromatic rings. The maximum absolute atomic E-state index is 13.4. The molecule has 0 bridgehead atoms. The van der Waals surface area contributed by atoms with Crippen LogP contribution in [0.2, 0.25) is 36.3 Å². The molecule has 2 amide bonds. The summed E-state index contributed by atoms with van der Waals surface area (Å²) in [7, 11) is -4.23. The fourth-order valence-corrected chi connectivity index (χ4v) is 8.58. The van der Waals surface area contributed by atoms with Crippen LogP contribution in [0.3, 0.4) is 0 Å². The molecule has 5 atom stereocenters. The molecule has 1 N–H and O–H groups in total. The minimum atomic E-state index is -2.13. The molecule has 0 aliphatic carbocycles. The number of amides is 2. The Labute approximate surface area is 260 Å². The zero-order valence-electron chi connectivity index (χ0n) is 28.4.